The molecule has 2 heterocycles. The second-order valence-corrected chi connectivity index (χ2v) is 5.39. The van der Waals surface area contributed by atoms with Gasteiger partial charge in [0.15, 0.2) is 0 Å². The summed E-state index contributed by atoms with van der Waals surface area (Å²) in [5.41, 5.74) is 9.19. The lowest BCUT2D eigenvalue weighted by Crippen LogP contribution is -2.09. The molecule has 3 aromatic rings. The Labute approximate surface area is 126 Å². The summed E-state index contributed by atoms with van der Waals surface area (Å²) in [6.45, 7) is 0. The van der Waals surface area contributed by atoms with Gasteiger partial charge in [0.2, 0.25) is 0 Å². The molecule has 21 heavy (non-hydrogen) atoms. The maximum absolute atomic E-state index is 13.3. The van der Waals surface area contributed by atoms with Crippen LogP contribution < -0.4 is 10.6 Å². The molecule has 0 fully saturated rings. The highest BCUT2D eigenvalue weighted by Gasteiger charge is 2.13. The minimum atomic E-state index is -0.461. The Kier molecular flexibility index (Phi) is 3.22. The number of anilines is 2. The Morgan fingerprint density at radius 3 is 2.67 bits per heavy atom. The summed E-state index contributed by atoms with van der Waals surface area (Å²) in [7, 11) is 3.91. The highest BCUT2D eigenvalue weighted by atomic mass is 35.5. The molecule has 4 nitrogen and oxygen atoms in total. The maximum atomic E-state index is 13.3. The van der Waals surface area contributed by atoms with Gasteiger partial charge in [-0.05, 0) is 30.3 Å². The van der Waals surface area contributed by atoms with E-state index in [4.69, 9.17) is 17.3 Å². The molecule has 6 heteroatoms. The van der Waals surface area contributed by atoms with E-state index in [1.54, 1.807) is 6.07 Å². The fourth-order valence-corrected chi connectivity index (χ4v) is 2.35. The smallest absolute Gasteiger partial charge is 0.141 e. The van der Waals surface area contributed by atoms with Gasteiger partial charge in [-0.1, -0.05) is 11.6 Å². The molecule has 0 amide bonds. The van der Waals surface area contributed by atoms with Gasteiger partial charge < -0.3 is 10.6 Å². The van der Waals surface area contributed by atoms with Crippen LogP contribution in [0, 0.1) is 5.82 Å². The predicted molar refractivity (Wildman–Crippen MR) is 84.3 cm³/mol. The van der Waals surface area contributed by atoms with Crippen molar-refractivity contribution >= 4 is 28.8 Å². The topological polar surface area (TPSA) is 46.6 Å². The second kappa shape index (κ2) is 4.93. The molecule has 108 valence electrons. The van der Waals surface area contributed by atoms with Crippen molar-refractivity contribution in [3.8, 4) is 11.3 Å². The number of hydrogen-bond acceptors (Lipinski definition) is 3. The van der Waals surface area contributed by atoms with Gasteiger partial charge in [0.25, 0.3) is 0 Å². The molecule has 3 rings (SSSR count). The zero-order valence-corrected chi connectivity index (χ0v) is 12.4. The van der Waals surface area contributed by atoms with Crippen LogP contribution in [0.3, 0.4) is 0 Å². The molecular weight excluding hydrogens is 291 g/mol. The minimum Gasteiger partial charge on any atom is -0.383 e. The first-order valence-electron chi connectivity index (χ1n) is 6.37. The van der Waals surface area contributed by atoms with Crippen molar-refractivity contribution in [2.75, 3.05) is 24.7 Å². The molecule has 2 aromatic heterocycles. The van der Waals surface area contributed by atoms with E-state index in [1.807, 2.05) is 41.7 Å². The molecule has 0 saturated carbocycles. The van der Waals surface area contributed by atoms with E-state index in [2.05, 4.69) is 4.98 Å². The number of fused-ring (bicyclic) bond motifs is 1. The Bertz CT molecular complexity index is 826. The molecule has 0 atom stereocenters. The highest BCUT2D eigenvalue weighted by Crippen LogP contribution is 2.30. The first kappa shape index (κ1) is 13.7. The number of pyridine rings is 1. The monoisotopic (exact) mass is 304 g/mol. The lowest BCUT2D eigenvalue weighted by atomic mass is 10.1. The number of nitrogen functional groups attached to an aromatic ring is 1. The number of aromatic nitrogens is 2. The molecule has 0 aliphatic rings. The van der Waals surface area contributed by atoms with Gasteiger partial charge in [-0.25, -0.2) is 9.37 Å². The van der Waals surface area contributed by atoms with Gasteiger partial charge >= 0.3 is 0 Å². The highest BCUT2D eigenvalue weighted by molar-refractivity contribution is 6.31. The normalized spacial score (nSPS) is 11.0. The Morgan fingerprint density at radius 1 is 1.24 bits per heavy atom. The van der Waals surface area contributed by atoms with Crippen molar-refractivity contribution in [1.29, 1.82) is 0 Å². The van der Waals surface area contributed by atoms with Crippen LogP contribution in [0.2, 0.25) is 5.02 Å². The summed E-state index contributed by atoms with van der Waals surface area (Å²) in [5.74, 6) is 0.0361. The first-order valence-corrected chi connectivity index (χ1v) is 6.75. The molecule has 0 radical (unpaired) electrons. The summed E-state index contributed by atoms with van der Waals surface area (Å²) in [5, 5.41) is 0.0536. The number of imidazole rings is 1. The zero-order chi connectivity index (χ0) is 15.1. The van der Waals surface area contributed by atoms with Gasteiger partial charge in [-0.15, -0.1) is 0 Å². The SMILES string of the molecule is CN(C)c1ccc2nc(-c3ccc(F)c(Cl)c3)c(N)n2c1. The average molecular weight is 305 g/mol. The molecule has 0 saturated heterocycles. The van der Waals surface area contributed by atoms with E-state index in [0.717, 1.165) is 11.3 Å². The van der Waals surface area contributed by atoms with E-state index in [-0.39, 0.29) is 5.02 Å². The van der Waals surface area contributed by atoms with E-state index in [1.165, 1.54) is 12.1 Å². The van der Waals surface area contributed by atoms with Gasteiger partial charge in [0, 0.05) is 25.9 Å². The molecule has 0 aliphatic carbocycles. The number of nitrogens with two attached hydrogens (primary N) is 1. The van der Waals surface area contributed by atoms with E-state index in [9.17, 15) is 4.39 Å². The number of rotatable bonds is 2. The molecule has 0 aliphatic heterocycles. The van der Waals surface area contributed by atoms with Crippen molar-refractivity contribution in [3.63, 3.8) is 0 Å². The minimum absolute atomic E-state index is 0.0536. The predicted octanol–water partition coefficient (Wildman–Crippen LogP) is 3.44. The van der Waals surface area contributed by atoms with Crippen LogP contribution in [-0.2, 0) is 0 Å². The standard InChI is InChI=1S/C15H14ClFN4/c1-20(2)10-4-6-13-19-14(15(18)21(13)8-10)9-3-5-12(17)11(16)7-9/h3-8H,18H2,1-2H3. The zero-order valence-electron chi connectivity index (χ0n) is 11.6. The third kappa shape index (κ3) is 2.29. The largest absolute Gasteiger partial charge is 0.383 e. The van der Waals surface area contributed by atoms with Crippen LogP contribution in [0.4, 0.5) is 15.9 Å². The lowest BCUT2D eigenvalue weighted by molar-refractivity contribution is 0.628. The van der Waals surface area contributed by atoms with E-state index in [0.29, 0.717) is 17.1 Å². The van der Waals surface area contributed by atoms with E-state index < -0.39 is 5.82 Å². The maximum Gasteiger partial charge on any atom is 0.141 e. The number of halogens is 2. The lowest BCUT2D eigenvalue weighted by Gasteiger charge is -2.12. The summed E-state index contributed by atoms with van der Waals surface area (Å²) in [4.78, 5) is 6.47. The van der Waals surface area contributed by atoms with Crippen LogP contribution in [0.25, 0.3) is 16.9 Å². The summed E-state index contributed by atoms with van der Waals surface area (Å²) >= 11 is 5.82. The van der Waals surface area contributed by atoms with Crippen LogP contribution in [0.5, 0.6) is 0 Å². The quantitative estimate of drug-likeness (QED) is 0.789. The van der Waals surface area contributed by atoms with Gasteiger partial charge in [0.1, 0.15) is 23.0 Å². The van der Waals surface area contributed by atoms with E-state index >= 15 is 0 Å². The van der Waals surface area contributed by atoms with Crippen molar-refractivity contribution in [2.45, 2.75) is 0 Å². The second-order valence-electron chi connectivity index (χ2n) is 4.98. The summed E-state index contributed by atoms with van der Waals surface area (Å²) in [6, 6.07) is 8.31. The van der Waals surface area contributed by atoms with Crippen LogP contribution in [-0.4, -0.2) is 23.5 Å². The van der Waals surface area contributed by atoms with Crippen LogP contribution in [0.1, 0.15) is 0 Å². The first-order chi connectivity index (χ1) is 9.97. The molecule has 0 bridgehead atoms. The third-order valence-corrected chi connectivity index (χ3v) is 3.64. The van der Waals surface area contributed by atoms with Crippen LogP contribution >= 0.6 is 11.6 Å². The van der Waals surface area contributed by atoms with Gasteiger partial charge in [-0.3, -0.25) is 4.40 Å². The van der Waals surface area contributed by atoms with Gasteiger partial charge in [-0.2, -0.15) is 0 Å². The Balaban J connectivity index is 2.19. The third-order valence-electron chi connectivity index (χ3n) is 3.35. The number of hydrogen-bond donors (Lipinski definition) is 1. The molecule has 0 spiro atoms. The van der Waals surface area contributed by atoms with Gasteiger partial charge in [0.05, 0.1) is 10.7 Å². The van der Waals surface area contributed by atoms with Crippen molar-refractivity contribution < 1.29 is 4.39 Å². The fourth-order valence-electron chi connectivity index (χ4n) is 2.17. The average Bonchev–Trinajstić information content (AvgIpc) is 2.79. The summed E-state index contributed by atoms with van der Waals surface area (Å²) in [6.07, 6.45) is 1.91. The number of nitrogens with zero attached hydrogens (tertiary/aromatic N) is 3. The molecular formula is C15H14ClFN4. The van der Waals surface area contributed by atoms with Crippen molar-refractivity contribution in [1.82, 2.24) is 9.38 Å². The van der Waals surface area contributed by atoms with Crippen molar-refractivity contribution in [3.05, 3.63) is 47.4 Å². The Morgan fingerprint density at radius 2 is 2.00 bits per heavy atom. The molecule has 0 unspecified atom stereocenters. The molecule has 2 N–H and O–H groups in total. The van der Waals surface area contributed by atoms with Crippen molar-refractivity contribution in [2.24, 2.45) is 0 Å². The Hall–Kier alpha value is -2.27. The number of benzene rings is 1. The molecule has 1 aromatic carbocycles. The summed E-state index contributed by atoms with van der Waals surface area (Å²) < 4.78 is 15.1. The fraction of sp³-hybridized carbons (Fsp3) is 0.133. The van der Waals surface area contributed by atoms with Crippen LogP contribution in [0.15, 0.2) is 36.5 Å².